The SMILES string of the molecule is COc1[c-]ccc(NC(=O)C2CC[CH-]CC2)c1.[CH2-]c1c(C)cccc1[C-]=O.[CH3-].[K+].[U+2]. The van der Waals surface area contributed by atoms with Gasteiger partial charge in [0.1, 0.15) is 0 Å². The topological polar surface area (TPSA) is 55.4 Å². The summed E-state index contributed by atoms with van der Waals surface area (Å²) >= 11 is 0. The molecule has 1 amide bonds. The van der Waals surface area contributed by atoms with Gasteiger partial charge < -0.3 is 28.7 Å². The molecule has 3 rings (SSSR count). The van der Waals surface area contributed by atoms with E-state index in [1.54, 1.807) is 25.3 Å². The number of carbonyl (C=O) groups excluding carboxylic acids is 2. The summed E-state index contributed by atoms with van der Waals surface area (Å²) in [6.45, 7) is 5.65. The normalized spacial score (nSPS) is 12.5. The van der Waals surface area contributed by atoms with E-state index in [1.165, 1.54) is 0 Å². The quantitative estimate of drug-likeness (QED) is 0.405. The molecule has 0 heterocycles. The summed E-state index contributed by atoms with van der Waals surface area (Å²) in [5, 5.41) is 2.93. The predicted molar refractivity (Wildman–Crippen MR) is 114 cm³/mol. The molecule has 0 spiro atoms. The van der Waals surface area contributed by atoms with E-state index >= 15 is 0 Å². The summed E-state index contributed by atoms with van der Waals surface area (Å²) in [7, 11) is 1.59. The number of carbonyl (C=O) groups is 1. The van der Waals surface area contributed by atoms with Crippen LogP contribution in [0.2, 0.25) is 0 Å². The number of hydrogen-bond donors (Lipinski definition) is 1. The van der Waals surface area contributed by atoms with Crippen LogP contribution < -0.4 is 61.4 Å². The molecule has 0 atom stereocenters. The van der Waals surface area contributed by atoms with Crippen molar-refractivity contribution >= 4 is 17.9 Å². The van der Waals surface area contributed by atoms with Gasteiger partial charge in [0.05, 0.1) is 7.11 Å². The van der Waals surface area contributed by atoms with Crippen molar-refractivity contribution in [1.29, 1.82) is 0 Å². The van der Waals surface area contributed by atoms with Crippen molar-refractivity contribution in [3.8, 4) is 5.75 Å². The average molecular weight is 656 g/mol. The van der Waals surface area contributed by atoms with Gasteiger partial charge in [-0.2, -0.15) is 18.9 Å². The maximum atomic E-state index is 12.0. The zero-order chi connectivity index (χ0) is 19.6. The Hall–Kier alpha value is -0.0617. The molecule has 2 aromatic carbocycles. The molecule has 1 aliphatic rings. The number of methoxy groups -OCH3 is 1. The number of anilines is 1. The second-order valence-electron chi connectivity index (χ2n) is 6.48. The molecule has 1 fully saturated rings. The molecule has 1 saturated carbocycles. The van der Waals surface area contributed by atoms with Gasteiger partial charge >= 0.3 is 82.5 Å². The van der Waals surface area contributed by atoms with Gasteiger partial charge in [0.2, 0.25) is 5.91 Å². The minimum Gasteiger partial charge on any atom is -0.523 e. The first kappa shape index (κ1) is 32.1. The van der Waals surface area contributed by atoms with Gasteiger partial charge in [0, 0.05) is 11.7 Å². The standard InChI is InChI=1S/C14H17NO2.C9H8O.CH3.K.U/c1-17-13-9-5-8-12(10-13)15-14(16)11-6-3-2-4-7-11;1-7-4-3-5-9(6-10)8(7)2;;;/h2,5,8,10-11H,3-4,6-7H2,1H3,(H,15,16);3-5H,2H2,1H3;1H3;;/q2*-2;-1;+1;+2. The Morgan fingerprint density at radius 1 is 1.30 bits per heavy atom. The molecule has 0 aliphatic heterocycles. The fraction of sp³-hybridized carbons (Fsp3) is 0.292. The van der Waals surface area contributed by atoms with Crippen LogP contribution in [0.15, 0.2) is 36.4 Å². The van der Waals surface area contributed by atoms with Crippen LogP contribution in [0.1, 0.15) is 42.4 Å². The van der Waals surface area contributed by atoms with Crippen LogP contribution in [0.25, 0.3) is 0 Å². The van der Waals surface area contributed by atoms with Crippen LogP contribution in [0.5, 0.6) is 5.75 Å². The van der Waals surface area contributed by atoms with E-state index in [1.807, 2.05) is 31.4 Å². The van der Waals surface area contributed by atoms with Crippen molar-refractivity contribution < 1.29 is 96.8 Å². The Bertz CT molecular complexity index is 777. The Labute approximate surface area is 248 Å². The second-order valence-corrected chi connectivity index (χ2v) is 6.48. The molecular formula is C24H28KNO3U-2. The van der Waals surface area contributed by atoms with Gasteiger partial charge in [-0.1, -0.05) is 25.5 Å². The fourth-order valence-electron chi connectivity index (χ4n) is 2.87. The zero-order valence-electron chi connectivity index (χ0n) is 18.4. The van der Waals surface area contributed by atoms with Crippen LogP contribution in [0, 0.1) is 70.8 Å². The molecule has 6 heteroatoms. The van der Waals surface area contributed by atoms with E-state index < -0.39 is 0 Å². The van der Waals surface area contributed by atoms with E-state index in [-0.39, 0.29) is 102 Å². The molecule has 1 aliphatic carbocycles. The number of aryl methyl sites for hydroxylation is 1. The summed E-state index contributed by atoms with van der Waals surface area (Å²) in [4.78, 5) is 22.2. The van der Waals surface area contributed by atoms with Crippen molar-refractivity contribution in [2.75, 3.05) is 12.4 Å². The van der Waals surface area contributed by atoms with E-state index in [4.69, 9.17) is 4.74 Å². The molecule has 154 valence electrons. The summed E-state index contributed by atoms with van der Waals surface area (Å²) in [6, 6.07) is 13.8. The maximum Gasteiger partial charge on any atom is 2.00 e. The van der Waals surface area contributed by atoms with Crippen LogP contribution in [-0.4, -0.2) is 19.3 Å². The summed E-state index contributed by atoms with van der Waals surface area (Å²) in [6.07, 6.45) is 8.09. The van der Waals surface area contributed by atoms with Gasteiger partial charge in [-0.3, -0.25) is 22.8 Å². The van der Waals surface area contributed by atoms with Crippen LogP contribution in [0.3, 0.4) is 0 Å². The number of amides is 1. The first-order chi connectivity index (χ1) is 13.0. The zero-order valence-corrected chi connectivity index (χ0v) is 25.7. The van der Waals surface area contributed by atoms with E-state index in [2.05, 4.69) is 24.7 Å². The third-order valence-corrected chi connectivity index (χ3v) is 4.59. The van der Waals surface area contributed by atoms with Gasteiger partial charge in [0.25, 0.3) is 0 Å². The van der Waals surface area contributed by atoms with Gasteiger partial charge in [0.15, 0.2) is 0 Å². The molecule has 0 unspecified atom stereocenters. The van der Waals surface area contributed by atoms with E-state index in [0.717, 1.165) is 42.5 Å². The Morgan fingerprint density at radius 2 is 1.97 bits per heavy atom. The average Bonchev–Trinajstić information content (AvgIpc) is 2.71. The molecule has 1 N–H and O–H groups in total. The predicted octanol–water partition coefficient (Wildman–Crippen LogP) is 1.92. The third-order valence-electron chi connectivity index (χ3n) is 4.59. The molecule has 30 heavy (non-hydrogen) atoms. The second kappa shape index (κ2) is 17.5. The van der Waals surface area contributed by atoms with Crippen molar-refractivity contribution in [2.24, 2.45) is 5.92 Å². The maximum absolute atomic E-state index is 12.0. The summed E-state index contributed by atoms with van der Waals surface area (Å²) in [5.74, 6) is 0.904. The monoisotopic (exact) mass is 655 g/mol. The molecule has 0 bridgehead atoms. The van der Waals surface area contributed by atoms with Gasteiger partial charge in [-0.15, -0.1) is 30.3 Å². The number of rotatable bonds is 4. The molecule has 0 saturated heterocycles. The molecule has 4 nitrogen and oxygen atoms in total. The van der Waals surface area contributed by atoms with Crippen molar-refractivity contribution in [2.45, 2.75) is 32.6 Å². The van der Waals surface area contributed by atoms with Crippen LogP contribution >= 0.6 is 0 Å². The molecule has 0 radical (unpaired) electrons. The van der Waals surface area contributed by atoms with E-state index in [9.17, 15) is 9.59 Å². The van der Waals surface area contributed by atoms with Crippen LogP contribution in [-0.2, 0) is 9.59 Å². The Morgan fingerprint density at radius 3 is 2.53 bits per heavy atom. The van der Waals surface area contributed by atoms with Crippen molar-refractivity contribution in [1.82, 2.24) is 0 Å². The summed E-state index contributed by atoms with van der Waals surface area (Å²) < 4.78 is 5.07. The first-order valence-electron chi connectivity index (χ1n) is 9.03. The molecular weight excluding hydrogens is 627 g/mol. The largest absolute Gasteiger partial charge is 2.00 e. The third kappa shape index (κ3) is 10.5. The molecule has 0 aromatic heterocycles. The Kier molecular flexibility index (Phi) is 18.7. The number of benzene rings is 2. The minimum atomic E-state index is 0. The minimum absolute atomic E-state index is 0. The first-order valence-corrected chi connectivity index (χ1v) is 9.03. The van der Waals surface area contributed by atoms with Crippen molar-refractivity contribution in [3.05, 3.63) is 79.9 Å². The van der Waals surface area contributed by atoms with E-state index in [0.29, 0.717) is 11.3 Å². The number of nitrogens with one attached hydrogen (secondary N) is 1. The molecule has 2 aromatic rings. The number of hydrogen-bond acceptors (Lipinski definition) is 3. The summed E-state index contributed by atoms with van der Waals surface area (Å²) in [5.41, 5.74) is 3.14. The fourth-order valence-corrected chi connectivity index (χ4v) is 2.87. The van der Waals surface area contributed by atoms with Crippen molar-refractivity contribution in [3.63, 3.8) is 0 Å². The number of ether oxygens (including phenoxy) is 1. The Balaban J connectivity index is 0. The smallest absolute Gasteiger partial charge is 0.523 e. The van der Waals surface area contributed by atoms with Crippen LogP contribution in [0.4, 0.5) is 5.69 Å². The van der Waals surface area contributed by atoms with Gasteiger partial charge in [-0.05, 0) is 6.29 Å². The van der Waals surface area contributed by atoms with Gasteiger partial charge in [-0.25, -0.2) is 11.6 Å².